The van der Waals surface area contributed by atoms with Gasteiger partial charge in [-0.1, -0.05) is 49.4 Å². The van der Waals surface area contributed by atoms with Gasteiger partial charge in [-0.2, -0.15) is 13.2 Å². The minimum absolute atomic E-state index is 0.0284. The van der Waals surface area contributed by atoms with Gasteiger partial charge in [-0.15, -0.1) is 0 Å². The highest BCUT2D eigenvalue weighted by molar-refractivity contribution is 5.75. The smallest absolute Gasteiger partial charge is 0.345 e. The van der Waals surface area contributed by atoms with E-state index in [0.717, 1.165) is 17.3 Å². The van der Waals surface area contributed by atoms with Gasteiger partial charge in [-0.05, 0) is 35.4 Å². The Bertz CT molecular complexity index is 948. The van der Waals surface area contributed by atoms with Gasteiger partial charge in [0, 0.05) is 31.4 Å². The number of hydrogen-bond donors (Lipinski definition) is 0. The molecule has 0 bridgehead atoms. The minimum Gasteiger partial charge on any atom is -0.345 e. The largest absolute Gasteiger partial charge is 0.416 e. The third kappa shape index (κ3) is 5.50. The van der Waals surface area contributed by atoms with Crippen LogP contribution in [0.25, 0.3) is 0 Å². The molecule has 0 N–H and O–H groups in total. The van der Waals surface area contributed by atoms with E-state index in [1.807, 2.05) is 60.2 Å². The van der Waals surface area contributed by atoms with Crippen LogP contribution in [0, 0.1) is 0 Å². The molecule has 3 nitrogen and oxygen atoms in total. The second-order valence-corrected chi connectivity index (χ2v) is 6.91. The lowest BCUT2D eigenvalue weighted by molar-refractivity contribution is -0.137. The average Bonchev–Trinajstić information content (AvgIpc) is 3.14. The molecule has 1 heterocycles. The number of alkyl halides is 3. The molecule has 3 rings (SSSR count). The quantitative estimate of drug-likeness (QED) is 0.515. The summed E-state index contributed by atoms with van der Waals surface area (Å²) in [5.41, 5.74) is 1.81. The van der Waals surface area contributed by atoms with Gasteiger partial charge < -0.3 is 9.47 Å². The summed E-state index contributed by atoms with van der Waals surface area (Å²) in [6, 6.07) is 18.8. The summed E-state index contributed by atoms with van der Waals surface area (Å²) in [4.78, 5) is 14.2. The van der Waals surface area contributed by atoms with Crippen molar-refractivity contribution in [2.45, 2.75) is 39.2 Å². The molecule has 0 unspecified atom stereocenters. The standard InChI is InChI=1S/C23H23F3N2O/c1-2-22(29)28(15-18-8-4-3-5-9-18)17-21-12-7-13-27(21)16-19-10-6-11-20(14-19)23(24,25)26/h3-14H,2,15-17H2,1H3. The summed E-state index contributed by atoms with van der Waals surface area (Å²) in [5.74, 6) is 0.0284. The molecule has 0 aliphatic carbocycles. The predicted octanol–water partition coefficient (Wildman–Crippen LogP) is 5.49. The van der Waals surface area contributed by atoms with Crippen LogP contribution in [0.5, 0.6) is 0 Å². The summed E-state index contributed by atoms with van der Waals surface area (Å²) in [6.07, 6.45) is -2.15. The Morgan fingerprint density at radius 3 is 2.34 bits per heavy atom. The van der Waals surface area contributed by atoms with Crippen molar-refractivity contribution in [1.29, 1.82) is 0 Å². The molecule has 0 aliphatic rings. The van der Waals surface area contributed by atoms with Gasteiger partial charge in [-0.25, -0.2) is 0 Å². The molecule has 152 valence electrons. The highest BCUT2D eigenvalue weighted by Crippen LogP contribution is 2.29. The van der Waals surface area contributed by atoms with Crippen molar-refractivity contribution in [3.8, 4) is 0 Å². The van der Waals surface area contributed by atoms with Crippen LogP contribution in [0.3, 0.4) is 0 Å². The van der Waals surface area contributed by atoms with Crippen LogP contribution < -0.4 is 0 Å². The maximum Gasteiger partial charge on any atom is 0.416 e. The molecule has 0 spiro atoms. The number of amides is 1. The lowest BCUT2D eigenvalue weighted by Crippen LogP contribution is -2.30. The van der Waals surface area contributed by atoms with E-state index in [0.29, 0.717) is 31.6 Å². The van der Waals surface area contributed by atoms with Crippen molar-refractivity contribution < 1.29 is 18.0 Å². The fourth-order valence-electron chi connectivity index (χ4n) is 3.25. The summed E-state index contributed by atoms with van der Waals surface area (Å²) >= 11 is 0. The van der Waals surface area contributed by atoms with Gasteiger partial charge in [-0.3, -0.25) is 4.79 Å². The van der Waals surface area contributed by atoms with Gasteiger partial charge in [0.1, 0.15) is 0 Å². The SMILES string of the molecule is CCC(=O)N(Cc1ccccc1)Cc1cccn1Cc1cccc(C(F)(F)F)c1. The van der Waals surface area contributed by atoms with Crippen LogP contribution >= 0.6 is 0 Å². The molecule has 0 aliphatic heterocycles. The zero-order chi connectivity index (χ0) is 20.9. The van der Waals surface area contributed by atoms with Crippen LogP contribution in [0.4, 0.5) is 13.2 Å². The molecule has 0 atom stereocenters. The Morgan fingerprint density at radius 2 is 1.66 bits per heavy atom. The zero-order valence-electron chi connectivity index (χ0n) is 16.2. The third-order valence-electron chi connectivity index (χ3n) is 4.76. The normalized spacial score (nSPS) is 11.4. The Balaban J connectivity index is 1.78. The second kappa shape index (κ2) is 8.99. The molecular weight excluding hydrogens is 377 g/mol. The molecule has 2 aromatic carbocycles. The highest BCUT2D eigenvalue weighted by atomic mass is 19.4. The maximum absolute atomic E-state index is 13.0. The molecule has 1 amide bonds. The van der Waals surface area contributed by atoms with E-state index in [-0.39, 0.29) is 5.91 Å². The Labute approximate surface area is 168 Å². The summed E-state index contributed by atoms with van der Waals surface area (Å²) in [7, 11) is 0. The first-order valence-corrected chi connectivity index (χ1v) is 9.48. The van der Waals surface area contributed by atoms with E-state index < -0.39 is 11.7 Å². The first kappa shape index (κ1) is 20.7. The molecule has 0 fully saturated rings. The maximum atomic E-state index is 13.0. The molecule has 29 heavy (non-hydrogen) atoms. The first-order valence-electron chi connectivity index (χ1n) is 9.48. The van der Waals surface area contributed by atoms with E-state index in [4.69, 9.17) is 0 Å². The van der Waals surface area contributed by atoms with Crippen molar-refractivity contribution in [3.63, 3.8) is 0 Å². The molecule has 3 aromatic rings. The van der Waals surface area contributed by atoms with Crippen LogP contribution in [0.1, 0.15) is 35.7 Å². The fraction of sp³-hybridized carbons (Fsp3) is 0.261. The van der Waals surface area contributed by atoms with Crippen LogP contribution in [-0.4, -0.2) is 15.4 Å². The number of carbonyl (C=O) groups is 1. The van der Waals surface area contributed by atoms with Crippen molar-refractivity contribution >= 4 is 5.91 Å². The summed E-state index contributed by atoms with van der Waals surface area (Å²) < 4.78 is 40.8. The van der Waals surface area contributed by atoms with E-state index >= 15 is 0 Å². The lowest BCUT2D eigenvalue weighted by atomic mass is 10.1. The molecule has 0 saturated carbocycles. The van der Waals surface area contributed by atoms with Crippen molar-refractivity contribution in [2.24, 2.45) is 0 Å². The number of nitrogens with zero attached hydrogens (tertiary/aromatic N) is 2. The van der Waals surface area contributed by atoms with E-state index in [2.05, 4.69) is 0 Å². The topological polar surface area (TPSA) is 25.2 Å². The van der Waals surface area contributed by atoms with Gasteiger partial charge in [0.2, 0.25) is 5.91 Å². The monoisotopic (exact) mass is 400 g/mol. The van der Waals surface area contributed by atoms with Crippen molar-refractivity contribution in [2.75, 3.05) is 0 Å². The van der Waals surface area contributed by atoms with Crippen molar-refractivity contribution in [3.05, 3.63) is 95.3 Å². The number of carbonyl (C=O) groups excluding carboxylic acids is 1. The van der Waals surface area contributed by atoms with Crippen LogP contribution in [-0.2, 0) is 30.6 Å². The molecule has 0 saturated heterocycles. The third-order valence-corrected chi connectivity index (χ3v) is 4.76. The van der Waals surface area contributed by atoms with Crippen molar-refractivity contribution in [1.82, 2.24) is 9.47 Å². The Morgan fingerprint density at radius 1 is 0.931 bits per heavy atom. The molecule has 0 radical (unpaired) electrons. The van der Waals surface area contributed by atoms with Gasteiger partial charge in [0.15, 0.2) is 0 Å². The number of rotatable bonds is 7. The molecule has 6 heteroatoms. The predicted molar refractivity (Wildman–Crippen MR) is 106 cm³/mol. The van der Waals surface area contributed by atoms with Gasteiger partial charge >= 0.3 is 6.18 Å². The van der Waals surface area contributed by atoms with Gasteiger partial charge in [0.25, 0.3) is 0 Å². The number of aromatic nitrogens is 1. The number of benzene rings is 2. The average molecular weight is 400 g/mol. The summed E-state index contributed by atoms with van der Waals surface area (Å²) in [6.45, 7) is 3.02. The second-order valence-electron chi connectivity index (χ2n) is 6.91. The first-order chi connectivity index (χ1) is 13.9. The highest BCUT2D eigenvalue weighted by Gasteiger charge is 2.30. The Kier molecular flexibility index (Phi) is 6.42. The van der Waals surface area contributed by atoms with Gasteiger partial charge in [0.05, 0.1) is 12.1 Å². The number of hydrogen-bond acceptors (Lipinski definition) is 1. The van der Waals surface area contributed by atoms with E-state index in [1.54, 1.807) is 11.0 Å². The number of halogens is 3. The minimum atomic E-state index is -4.37. The zero-order valence-corrected chi connectivity index (χ0v) is 16.2. The lowest BCUT2D eigenvalue weighted by Gasteiger charge is -2.23. The molecule has 1 aromatic heterocycles. The van der Waals surface area contributed by atoms with Crippen LogP contribution in [0.2, 0.25) is 0 Å². The van der Waals surface area contributed by atoms with E-state index in [1.165, 1.54) is 12.1 Å². The molecular formula is C23H23F3N2O. The van der Waals surface area contributed by atoms with E-state index in [9.17, 15) is 18.0 Å². The fourth-order valence-corrected chi connectivity index (χ4v) is 3.25. The van der Waals surface area contributed by atoms with Crippen LogP contribution in [0.15, 0.2) is 72.9 Å². The summed E-state index contributed by atoms with van der Waals surface area (Å²) in [5, 5.41) is 0. The Hall–Kier alpha value is -3.02.